The normalized spacial score (nSPS) is 19.5. The van der Waals surface area contributed by atoms with Crippen molar-refractivity contribution in [2.45, 2.75) is 39.7 Å². The summed E-state index contributed by atoms with van der Waals surface area (Å²) in [7, 11) is 1.87. The highest BCUT2D eigenvalue weighted by atomic mass is 15.4. The second kappa shape index (κ2) is 6.59. The summed E-state index contributed by atoms with van der Waals surface area (Å²) >= 11 is 0. The van der Waals surface area contributed by atoms with Crippen LogP contribution in [0.2, 0.25) is 0 Å². The van der Waals surface area contributed by atoms with Crippen LogP contribution >= 0.6 is 0 Å². The molecule has 1 aromatic rings. The zero-order valence-electron chi connectivity index (χ0n) is 14.6. The monoisotopic (exact) mass is 302 g/mol. The van der Waals surface area contributed by atoms with E-state index in [-0.39, 0.29) is 5.54 Å². The van der Waals surface area contributed by atoms with E-state index < -0.39 is 0 Å². The summed E-state index contributed by atoms with van der Waals surface area (Å²) in [6.45, 7) is 12.2. The SMILES string of the molecule is CN=C(NCCCNc1ccccc1)N1CC(C)(C)C1(C)C. The van der Waals surface area contributed by atoms with Crippen molar-refractivity contribution in [1.29, 1.82) is 0 Å². The van der Waals surface area contributed by atoms with E-state index in [2.05, 4.69) is 72.5 Å². The van der Waals surface area contributed by atoms with E-state index in [0.717, 1.165) is 32.0 Å². The molecule has 122 valence electrons. The van der Waals surface area contributed by atoms with Gasteiger partial charge >= 0.3 is 0 Å². The third kappa shape index (κ3) is 3.37. The lowest BCUT2D eigenvalue weighted by molar-refractivity contribution is -0.0667. The molecule has 1 fully saturated rings. The fourth-order valence-corrected chi connectivity index (χ4v) is 2.77. The minimum absolute atomic E-state index is 0.150. The van der Waals surface area contributed by atoms with Gasteiger partial charge in [0.2, 0.25) is 0 Å². The second-order valence-corrected chi connectivity index (χ2v) is 7.15. The quantitative estimate of drug-likeness (QED) is 0.498. The largest absolute Gasteiger partial charge is 0.385 e. The van der Waals surface area contributed by atoms with Crippen LogP contribution in [0.25, 0.3) is 0 Å². The van der Waals surface area contributed by atoms with Gasteiger partial charge in [0.15, 0.2) is 5.96 Å². The lowest BCUT2D eigenvalue weighted by Crippen LogP contribution is -2.72. The highest BCUT2D eigenvalue weighted by molar-refractivity contribution is 5.81. The van der Waals surface area contributed by atoms with Crippen LogP contribution in [0.1, 0.15) is 34.1 Å². The maximum Gasteiger partial charge on any atom is 0.194 e. The summed E-state index contributed by atoms with van der Waals surface area (Å²) in [5.41, 5.74) is 1.66. The van der Waals surface area contributed by atoms with Gasteiger partial charge < -0.3 is 15.5 Å². The van der Waals surface area contributed by atoms with Gasteiger partial charge in [-0.15, -0.1) is 0 Å². The van der Waals surface area contributed by atoms with Crippen molar-refractivity contribution >= 4 is 11.6 Å². The molecular formula is C18H30N4. The van der Waals surface area contributed by atoms with Crippen molar-refractivity contribution in [1.82, 2.24) is 10.2 Å². The number of nitrogens with zero attached hydrogens (tertiary/aromatic N) is 2. The van der Waals surface area contributed by atoms with Crippen LogP contribution in [0.5, 0.6) is 0 Å². The smallest absolute Gasteiger partial charge is 0.194 e. The van der Waals surface area contributed by atoms with Crippen LogP contribution < -0.4 is 10.6 Å². The lowest BCUT2D eigenvalue weighted by atomic mass is 9.65. The first-order valence-electron chi connectivity index (χ1n) is 8.16. The number of rotatable bonds is 5. The molecule has 0 aromatic heterocycles. The van der Waals surface area contributed by atoms with Crippen LogP contribution in [0.3, 0.4) is 0 Å². The predicted octanol–water partition coefficient (Wildman–Crippen LogP) is 3.18. The number of likely N-dealkylation sites (tertiary alicyclic amines) is 1. The molecule has 2 N–H and O–H groups in total. The van der Waals surface area contributed by atoms with Gasteiger partial charge in [-0.3, -0.25) is 4.99 Å². The van der Waals surface area contributed by atoms with Crippen molar-refractivity contribution in [3.8, 4) is 0 Å². The molecule has 0 bridgehead atoms. The van der Waals surface area contributed by atoms with Crippen LogP contribution in [-0.2, 0) is 0 Å². The number of hydrogen-bond acceptors (Lipinski definition) is 2. The maximum absolute atomic E-state index is 4.44. The van der Waals surface area contributed by atoms with Crippen LogP contribution in [0.15, 0.2) is 35.3 Å². The fraction of sp³-hybridized carbons (Fsp3) is 0.611. The number of anilines is 1. The molecule has 0 saturated carbocycles. The topological polar surface area (TPSA) is 39.7 Å². The molecule has 0 radical (unpaired) electrons. The number of para-hydroxylation sites is 1. The first-order chi connectivity index (χ1) is 10.4. The van der Waals surface area contributed by atoms with Crippen LogP contribution in [-0.4, -0.2) is 43.1 Å². The fourth-order valence-electron chi connectivity index (χ4n) is 2.77. The predicted molar refractivity (Wildman–Crippen MR) is 95.5 cm³/mol. The average Bonchev–Trinajstić information content (AvgIpc) is 2.50. The average molecular weight is 302 g/mol. The van der Waals surface area contributed by atoms with E-state index in [9.17, 15) is 0 Å². The molecule has 4 nitrogen and oxygen atoms in total. The summed E-state index contributed by atoms with van der Waals surface area (Å²) in [6, 6.07) is 10.3. The Morgan fingerprint density at radius 1 is 1.14 bits per heavy atom. The summed E-state index contributed by atoms with van der Waals surface area (Å²) < 4.78 is 0. The van der Waals surface area contributed by atoms with Crippen LogP contribution in [0, 0.1) is 5.41 Å². The summed E-state index contributed by atoms with van der Waals surface area (Å²) in [5.74, 6) is 1.02. The Balaban J connectivity index is 1.72. The Bertz CT molecular complexity index is 505. The van der Waals surface area contributed by atoms with Gasteiger partial charge in [0.05, 0.1) is 0 Å². The molecule has 0 aliphatic carbocycles. The van der Waals surface area contributed by atoms with Crippen molar-refractivity contribution < 1.29 is 0 Å². The first kappa shape index (κ1) is 16.7. The molecule has 0 atom stereocenters. The second-order valence-electron chi connectivity index (χ2n) is 7.15. The zero-order valence-corrected chi connectivity index (χ0v) is 14.6. The van der Waals surface area contributed by atoms with E-state index in [1.165, 1.54) is 5.69 Å². The number of aliphatic imine (C=N–C) groups is 1. The minimum atomic E-state index is 0.150. The van der Waals surface area contributed by atoms with Gasteiger partial charge in [-0.25, -0.2) is 0 Å². The number of benzene rings is 1. The number of nitrogens with one attached hydrogen (secondary N) is 2. The molecule has 4 heteroatoms. The Hall–Kier alpha value is -1.71. The Labute approximate surface area is 135 Å². The molecule has 0 spiro atoms. The summed E-state index contributed by atoms with van der Waals surface area (Å²) in [4.78, 5) is 6.81. The van der Waals surface area contributed by atoms with E-state index in [1.807, 2.05) is 13.1 Å². The van der Waals surface area contributed by atoms with E-state index in [0.29, 0.717) is 5.41 Å². The van der Waals surface area contributed by atoms with E-state index in [4.69, 9.17) is 0 Å². The Morgan fingerprint density at radius 3 is 2.36 bits per heavy atom. The summed E-state index contributed by atoms with van der Waals surface area (Å²) in [6.07, 6.45) is 1.06. The summed E-state index contributed by atoms with van der Waals surface area (Å²) in [5, 5.41) is 6.92. The molecule has 1 aliphatic heterocycles. The highest BCUT2D eigenvalue weighted by Crippen LogP contribution is 2.46. The molecule has 1 heterocycles. The third-order valence-corrected chi connectivity index (χ3v) is 5.09. The minimum Gasteiger partial charge on any atom is -0.385 e. The third-order valence-electron chi connectivity index (χ3n) is 5.09. The Morgan fingerprint density at radius 2 is 1.82 bits per heavy atom. The molecule has 2 rings (SSSR count). The maximum atomic E-state index is 4.44. The molecule has 0 amide bonds. The Kier molecular flexibility index (Phi) is 4.99. The lowest BCUT2D eigenvalue weighted by Gasteiger charge is -2.62. The highest BCUT2D eigenvalue weighted by Gasteiger charge is 2.53. The van der Waals surface area contributed by atoms with Gasteiger partial charge in [-0.1, -0.05) is 32.0 Å². The van der Waals surface area contributed by atoms with E-state index in [1.54, 1.807) is 0 Å². The van der Waals surface area contributed by atoms with Gasteiger partial charge in [0, 0.05) is 43.3 Å². The molecule has 1 aromatic carbocycles. The molecular weight excluding hydrogens is 272 g/mol. The van der Waals surface area contributed by atoms with Crippen molar-refractivity contribution in [2.24, 2.45) is 10.4 Å². The van der Waals surface area contributed by atoms with E-state index >= 15 is 0 Å². The molecule has 22 heavy (non-hydrogen) atoms. The zero-order chi connectivity index (χ0) is 16.2. The standard InChI is InChI=1S/C18H30N4/c1-17(2)14-22(18(17,3)4)16(19-5)21-13-9-12-20-15-10-7-6-8-11-15/h6-8,10-11,20H,9,12-14H2,1-5H3,(H,19,21). The molecule has 0 unspecified atom stereocenters. The van der Waals surface area contributed by atoms with Gasteiger partial charge in [0.1, 0.15) is 0 Å². The van der Waals surface area contributed by atoms with Gasteiger partial charge in [-0.2, -0.15) is 0 Å². The van der Waals surface area contributed by atoms with Gasteiger partial charge in [-0.05, 0) is 32.4 Å². The number of guanidine groups is 1. The van der Waals surface area contributed by atoms with Crippen molar-refractivity contribution in [2.75, 3.05) is 32.0 Å². The molecule has 1 saturated heterocycles. The van der Waals surface area contributed by atoms with Crippen LogP contribution in [0.4, 0.5) is 5.69 Å². The number of hydrogen-bond donors (Lipinski definition) is 2. The molecule has 1 aliphatic rings. The van der Waals surface area contributed by atoms with Crippen molar-refractivity contribution in [3.05, 3.63) is 30.3 Å². The van der Waals surface area contributed by atoms with Crippen molar-refractivity contribution in [3.63, 3.8) is 0 Å². The van der Waals surface area contributed by atoms with Gasteiger partial charge in [0.25, 0.3) is 0 Å². The first-order valence-corrected chi connectivity index (χ1v) is 8.16.